The summed E-state index contributed by atoms with van der Waals surface area (Å²) in [7, 11) is 0. The van der Waals surface area contributed by atoms with E-state index in [4.69, 9.17) is 16.3 Å². The van der Waals surface area contributed by atoms with Crippen molar-refractivity contribution in [3.05, 3.63) is 72.9 Å². The van der Waals surface area contributed by atoms with Crippen LogP contribution in [0, 0.1) is 5.82 Å². The number of nitrogens with zero attached hydrogens (tertiary/aromatic N) is 2. The van der Waals surface area contributed by atoms with Crippen LogP contribution in [-0.2, 0) is 4.74 Å². The highest BCUT2D eigenvalue weighted by atomic mass is 35.5. The Bertz CT molecular complexity index is 1380. The number of esters is 1. The highest BCUT2D eigenvalue weighted by Gasteiger charge is 2.24. The third-order valence-corrected chi connectivity index (χ3v) is 6.35. The van der Waals surface area contributed by atoms with Gasteiger partial charge in [-0.3, -0.25) is 9.59 Å². The molecule has 158 valence electrons. The molecule has 0 aliphatic carbocycles. The van der Waals surface area contributed by atoms with Crippen LogP contribution in [0.3, 0.4) is 0 Å². The fourth-order valence-electron chi connectivity index (χ4n) is 2.88. The number of hydrogen-bond donors (Lipinski definition) is 1. The third kappa shape index (κ3) is 3.97. The molecule has 0 aliphatic rings. The average molecular weight is 478 g/mol. The number of carbonyl (C=O) groups excluding carboxylic acids is 2. The van der Waals surface area contributed by atoms with Gasteiger partial charge in [0.15, 0.2) is 5.69 Å². The monoisotopic (exact) mass is 477 g/mol. The highest BCUT2D eigenvalue weighted by molar-refractivity contribution is 7.18. The molecule has 0 unspecified atom stereocenters. The minimum atomic E-state index is -0.765. The summed E-state index contributed by atoms with van der Waals surface area (Å²) in [4.78, 5) is 38.7. The number of nitrogens with one attached hydrogen (secondary N) is 1. The van der Waals surface area contributed by atoms with E-state index in [1.165, 1.54) is 29.6 Å². The van der Waals surface area contributed by atoms with Gasteiger partial charge >= 0.3 is 5.97 Å². The summed E-state index contributed by atoms with van der Waals surface area (Å²) < 4.78 is 20.7. The molecule has 1 N–H and O–H groups in total. The number of aromatic nitrogens is 2. The predicted molar refractivity (Wildman–Crippen MR) is 118 cm³/mol. The lowest BCUT2D eigenvalue weighted by Crippen LogP contribution is -2.26. The Hall–Kier alpha value is -3.08. The van der Waals surface area contributed by atoms with Crippen molar-refractivity contribution in [2.45, 2.75) is 6.92 Å². The summed E-state index contributed by atoms with van der Waals surface area (Å²) in [6, 6.07) is 8.69. The van der Waals surface area contributed by atoms with E-state index < -0.39 is 23.3 Å². The molecule has 0 radical (unpaired) electrons. The summed E-state index contributed by atoms with van der Waals surface area (Å²) in [5.41, 5.74) is -0.974. The van der Waals surface area contributed by atoms with E-state index in [0.29, 0.717) is 9.21 Å². The van der Waals surface area contributed by atoms with E-state index in [1.54, 1.807) is 19.1 Å². The minimum Gasteiger partial charge on any atom is -0.461 e. The molecule has 0 fully saturated rings. The minimum absolute atomic E-state index is 0.0299. The van der Waals surface area contributed by atoms with Crippen LogP contribution in [0.1, 0.15) is 27.1 Å². The van der Waals surface area contributed by atoms with Crippen molar-refractivity contribution >= 4 is 61.9 Å². The largest absolute Gasteiger partial charge is 0.461 e. The molecule has 0 saturated carbocycles. The molecule has 3 heterocycles. The maximum atomic E-state index is 14.4. The molecule has 4 rings (SSSR count). The van der Waals surface area contributed by atoms with Gasteiger partial charge in [-0.2, -0.15) is 9.78 Å². The number of carbonyl (C=O) groups is 2. The fourth-order valence-corrected chi connectivity index (χ4v) is 4.75. The van der Waals surface area contributed by atoms with Crippen molar-refractivity contribution in [3.8, 4) is 5.69 Å². The molecule has 1 amide bonds. The van der Waals surface area contributed by atoms with Crippen molar-refractivity contribution < 1.29 is 18.7 Å². The van der Waals surface area contributed by atoms with Gasteiger partial charge in [-0.05, 0) is 31.2 Å². The molecule has 7 nitrogen and oxygen atoms in total. The van der Waals surface area contributed by atoms with Crippen LogP contribution in [-0.4, -0.2) is 28.3 Å². The number of anilines is 1. The zero-order valence-corrected chi connectivity index (χ0v) is 18.2. The SMILES string of the molecule is CCOC(=O)c1nn(-c2ccccc2F)c(=O)c2c(NC(=O)c3ccc(Cl)s3)scc12. The molecule has 1 aromatic carbocycles. The lowest BCUT2D eigenvalue weighted by atomic mass is 10.2. The van der Waals surface area contributed by atoms with E-state index in [1.807, 2.05) is 0 Å². The van der Waals surface area contributed by atoms with Gasteiger partial charge in [0, 0.05) is 10.8 Å². The summed E-state index contributed by atoms with van der Waals surface area (Å²) in [5.74, 6) is -1.93. The van der Waals surface area contributed by atoms with Crippen LogP contribution in [0.5, 0.6) is 0 Å². The van der Waals surface area contributed by atoms with Crippen molar-refractivity contribution in [2.24, 2.45) is 0 Å². The quantitative estimate of drug-likeness (QED) is 0.420. The van der Waals surface area contributed by atoms with Gasteiger partial charge < -0.3 is 10.1 Å². The molecule has 0 saturated heterocycles. The van der Waals surface area contributed by atoms with Gasteiger partial charge in [-0.15, -0.1) is 22.7 Å². The van der Waals surface area contributed by atoms with Crippen LogP contribution in [0.25, 0.3) is 16.5 Å². The van der Waals surface area contributed by atoms with Gasteiger partial charge in [0.05, 0.1) is 21.2 Å². The lowest BCUT2D eigenvalue weighted by Gasteiger charge is -2.10. The molecule has 31 heavy (non-hydrogen) atoms. The van der Waals surface area contributed by atoms with E-state index >= 15 is 0 Å². The third-order valence-electron chi connectivity index (χ3n) is 4.23. The van der Waals surface area contributed by atoms with Gasteiger partial charge in [-0.25, -0.2) is 9.18 Å². The van der Waals surface area contributed by atoms with Gasteiger partial charge in [0.1, 0.15) is 16.5 Å². The second kappa shape index (κ2) is 8.58. The molecule has 0 atom stereocenters. The van der Waals surface area contributed by atoms with Gasteiger partial charge in [-0.1, -0.05) is 23.7 Å². The van der Waals surface area contributed by atoms with Gasteiger partial charge in [0.25, 0.3) is 11.5 Å². The molecule has 4 aromatic rings. The highest BCUT2D eigenvalue weighted by Crippen LogP contribution is 2.32. The number of ether oxygens (including phenoxy) is 1. The number of hydrogen-bond acceptors (Lipinski definition) is 7. The normalized spacial score (nSPS) is 10.9. The van der Waals surface area contributed by atoms with Crippen molar-refractivity contribution in [2.75, 3.05) is 11.9 Å². The number of thiophene rings is 2. The smallest absolute Gasteiger partial charge is 0.359 e. The van der Waals surface area contributed by atoms with Crippen molar-refractivity contribution in [1.29, 1.82) is 0 Å². The summed E-state index contributed by atoms with van der Waals surface area (Å²) in [6.07, 6.45) is 0. The summed E-state index contributed by atoms with van der Waals surface area (Å²) in [6.45, 7) is 1.72. The van der Waals surface area contributed by atoms with E-state index in [-0.39, 0.29) is 33.8 Å². The Labute approximate surface area is 187 Å². The van der Waals surface area contributed by atoms with Crippen LogP contribution in [0.15, 0.2) is 46.6 Å². The summed E-state index contributed by atoms with van der Waals surface area (Å²) in [5, 5.41) is 8.71. The Morgan fingerprint density at radius 3 is 2.71 bits per heavy atom. The van der Waals surface area contributed by atoms with Crippen molar-refractivity contribution in [1.82, 2.24) is 9.78 Å². The molecule has 0 aliphatic heterocycles. The van der Waals surface area contributed by atoms with Crippen LogP contribution < -0.4 is 10.9 Å². The number of halogens is 2. The first-order valence-electron chi connectivity index (χ1n) is 8.94. The van der Waals surface area contributed by atoms with Crippen molar-refractivity contribution in [3.63, 3.8) is 0 Å². The Morgan fingerprint density at radius 1 is 1.26 bits per heavy atom. The average Bonchev–Trinajstić information content (AvgIpc) is 3.36. The molecule has 11 heteroatoms. The molecule has 3 aromatic heterocycles. The standard InChI is InChI=1S/C20H13ClFN3O4S2/c1-2-29-20(28)16-10-9-30-18(23-17(26)13-7-8-14(21)31-13)15(10)19(27)25(24-16)12-6-4-3-5-11(12)22/h3-9H,2H2,1H3,(H,23,26). The van der Waals surface area contributed by atoms with Gasteiger partial charge in [0.2, 0.25) is 0 Å². The second-order valence-electron chi connectivity index (χ2n) is 6.15. The fraction of sp³-hybridized carbons (Fsp3) is 0.100. The summed E-state index contributed by atoms with van der Waals surface area (Å²) >= 11 is 8.02. The Kier molecular flexibility index (Phi) is 5.86. The number of rotatable bonds is 5. The Balaban J connectivity index is 1.91. The number of benzene rings is 1. The number of amides is 1. The molecule has 0 bridgehead atoms. The molecule has 0 spiro atoms. The number of para-hydroxylation sites is 1. The van der Waals surface area contributed by atoms with E-state index in [9.17, 15) is 18.8 Å². The zero-order chi connectivity index (χ0) is 22.1. The Morgan fingerprint density at radius 2 is 2.03 bits per heavy atom. The first-order chi connectivity index (χ1) is 14.9. The maximum Gasteiger partial charge on any atom is 0.359 e. The maximum absolute atomic E-state index is 14.4. The predicted octanol–water partition coefficient (Wildman–Crippen LogP) is 4.73. The second-order valence-corrected chi connectivity index (χ2v) is 8.74. The van der Waals surface area contributed by atoms with Crippen LogP contribution in [0.4, 0.5) is 9.39 Å². The first kappa shape index (κ1) is 21.2. The molecular weight excluding hydrogens is 465 g/mol. The lowest BCUT2D eigenvalue weighted by molar-refractivity contribution is 0.0519. The van der Waals surface area contributed by atoms with E-state index in [2.05, 4.69) is 10.4 Å². The zero-order valence-electron chi connectivity index (χ0n) is 15.8. The van der Waals surface area contributed by atoms with Crippen LogP contribution in [0.2, 0.25) is 4.34 Å². The first-order valence-corrected chi connectivity index (χ1v) is 11.0. The van der Waals surface area contributed by atoms with Crippen LogP contribution >= 0.6 is 34.3 Å². The topological polar surface area (TPSA) is 90.3 Å². The molecular formula is C20H13ClFN3O4S2. The van der Waals surface area contributed by atoms with E-state index in [0.717, 1.165) is 27.4 Å². The number of fused-ring (bicyclic) bond motifs is 1.